The van der Waals surface area contributed by atoms with E-state index in [4.69, 9.17) is 0 Å². The Bertz CT molecular complexity index is 3030. The fourth-order valence-electron chi connectivity index (χ4n) is 8.11. The van der Waals surface area contributed by atoms with Gasteiger partial charge >= 0.3 is 0 Å². The molecule has 7 aromatic carbocycles. The number of hydrogen-bond acceptors (Lipinski definition) is 1. The number of thiophene rings is 1. The van der Waals surface area contributed by atoms with E-state index in [1.165, 1.54) is 96.5 Å². The van der Waals surface area contributed by atoms with Crippen LogP contribution in [0.3, 0.4) is 0 Å². The van der Waals surface area contributed by atoms with Crippen LogP contribution in [-0.4, -0.2) is 8.97 Å². The lowest BCUT2D eigenvalue weighted by molar-refractivity contribution is 1.18. The Morgan fingerprint density at radius 3 is 1.56 bits per heavy atom. The van der Waals surface area contributed by atoms with Gasteiger partial charge in [0.05, 0.1) is 27.6 Å². The van der Waals surface area contributed by atoms with Gasteiger partial charge in [-0.1, -0.05) is 109 Å². The zero-order valence-corrected chi connectivity index (χ0v) is 25.0. The lowest BCUT2D eigenvalue weighted by Crippen LogP contribution is -1.95. The zero-order chi connectivity index (χ0) is 29.2. The van der Waals surface area contributed by atoms with E-state index in [2.05, 4.69) is 155 Å². The van der Waals surface area contributed by atoms with Crippen LogP contribution in [0.15, 0.2) is 146 Å². The van der Waals surface area contributed by atoms with Gasteiger partial charge in [-0.3, -0.25) is 0 Å². The molecule has 3 heteroatoms. The first-order valence-corrected chi connectivity index (χ1v) is 16.3. The van der Waals surface area contributed by atoms with Crippen LogP contribution in [0.5, 0.6) is 0 Å². The van der Waals surface area contributed by atoms with Gasteiger partial charge in [-0.15, -0.1) is 11.3 Å². The Labute approximate surface area is 261 Å². The zero-order valence-electron chi connectivity index (χ0n) is 24.2. The summed E-state index contributed by atoms with van der Waals surface area (Å²) in [6.07, 6.45) is 0. The van der Waals surface area contributed by atoms with Crippen molar-refractivity contribution in [1.29, 1.82) is 0 Å². The predicted octanol–water partition coefficient (Wildman–Crippen LogP) is 12.0. The second-order valence-corrected chi connectivity index (χ2v) is 13.1. The van der Waals surface area contributed by atoms with Gasteiger partial charge in [0.1, 0.15) is 0 Å². The SMILES string of the molecule is c1ccc(-n2c3ccccc3c3ccc4c5cccc6c7cccc8sc9cccc(c%10ccccc%10n(c65)c4c32)c9c87)cc1. The number of para-hydroxylation sites is 4. The van der Waals surface area contributed by atoms with Crippen LogP contribution in [-0.2, 0) is 0 Å². The highest BCUT2D eigenvalue weighted by Crippen LogP contribution is 2.46. The van der Waals surface area contributed by atoms with Crippen LogP contribution in [0.2, 0.25) is 0 Å². The highest BCUT2D eigenvalue weighted by Gasteiger charge is 2.22. The largest absolute Gasteiger partial charge is 0.307 e. The Kier molecular flexibility index (Phi) is 4.49. The molecule has 4 aromatic heterocycles. The van der Waals surface area contributed by atoms with Crippen molar-refractivity contribution in [3.8, 4) is 5.69 Å². The molecule has 0 saturated heterocycles. The fourth-order valence-corrected chi connectivity index (χ4v) is 9.27. The third kappa shape index (κ3) is 2.94. The second-order valence-electron chi connectivity index (χ2n) is 12.1. The Morgan fingerprint density at radius 2 is 0.822 bits per heavy atom. The number of rotatable bonds is 1. The molecule has 0 aliphatic carbocycles. The number of fused-ring (bicyclic) bond motifs is 11. The molecule has 0 aliphatic rings. The Morgan fingerprint density at radius 1 is 0.333 bits per heavy atom. The van der Waals surface area contributed by atoms with Crippen molar-refractivity contribution in [3.05, 3.63) is 146 Å². The molecule has 0 saturated carbocycles. The van der Waals surface area contributed by atoms with Crippen molar-refractivity contribution >= 4 is 102 Å². The number of hydrogen-bond donors (Lipinski definition) is 0. The van der Waals surface area contributed by atoms with E-state index in [0.717, 1.165) is 0 Å². The van der Waals surface area contributed by atoms with Gasteiger partial charge in [-0.05, 0) is 47.2 Å². The first-order chi connectivity index (χ1) is 22.4. The molecule has 0 amide bonds. The van der Waals surface area contributed by atoms with Gasteiger partial charge in [0, 0.05) is 58.2 Å². The maximum Gasteiger partial charge on any atom is 0.0789 e. The molecule has 208 valence electrons. The molecule has 0 atom stereocenters. The molecular formula is C42H24N2S. The lowest BCUT2D eigenvalue weighted by Gasteiger charge is -2.10. The molecule has 11 aromatic rings. The maximum atomic E-state index is 2.59. The number of nitrogens with zero attached hydrogens (tertiary/aromatic N) is 2. The molecule has 4 heterocycles. The molecule has 0 fully saturated rings. The minimum atomic E-state index is 1.17. The fraction of sp³-hybridized carbons (Fsp3) is 0. The van der Waals surface area contributed by atoms with Crippen molar-refractivity contribution < 1.29 is 0 Å². The standard InChI is InChI=1S/C42H24N2S/c1-2-11-25(12-3-1)43-34-19-6-5-14-27(34)32-23-24-33-31-18-8-17-30-29-16-10-22-37-39(29)38-28(15-9-21-36(38)45-37)26-13-4-7-20-35(26)44(40(30)31)42(33)41(32)43/h1-24H. The number of benzene rings is 7. The minimum absolute atomic E-state index is 1.17. The highest BCUT2D eigenvalue weighted by atomic mass is 32.1. The van der Waals surface area contributed by atoms with Crippen LogP contribution >= 0.6 is 11.3 Å². The molecule has 0 bridgehead atoms. The summed E-state index contributed by atoms with van der Waals surface area (Å²) in [5.41, 5.74) is 7.34. The van der Waals surface area contributed by atoms with E-state index in [-0.39, 0.29) is 0 Å². The molecule has 0 radical (unpaired) electrons. The van der Waals surface area contributed by atoms with Gasteiger partial charge in [0.25, 0.3) is 0 Å². The molecule has 0 spiro atoms. The van der Waals surface area contributed by atoms with Crippen molar-refractivity contribution in [1.82, 2.24) is 8.97 Å². The normalized spacial score (nSPS) is 12.4. The van der Waals surface area contributed by atoms with E-state index in [0.29, 0.717) is 0 Å². The van der Waals surface area contributed by atoms with E-state index < -0.39 is 0 Å². The van der Waals surface area contributed by atoms with Gasteiger partial charge in [-0.2, -0.15) is 0 Å². The smallest absolute Gasteiger partial charge is 0.0789 e. The van der Waals surface area contributed by atoms with Gasteiger partial charge in [0.2, 0.25) is 0 Å². The Hall–Kier alpha value is -5.64. The van der Waals surface area contributed by atoms with E-state index in [1.54, 1.807) is 0 Å². The highest BCUT2D eigenvalue weighted by molar-refractivity contribution is 7.26. The van der Waals surface area contributed by atoms with Crippen molar-refractivity contribution in [3.63, 3.8) is 0 Å². The summed E-state index contributed by atoms with van der Waals surface area (Å²) in [5, 5.41) is 12.9. The van der Waals surface area contributed by atoms with Crippen molar-refractivity contribution in [2.75, 3.05) is 0 Å². The van der Waals surface area contributed by atoms with Gasteiger partial charge in [-0.25, -0.2) is 0 Å². The predicted molar refractivity (Wildman–Crippen MR) is 195 cm³/mol. The molecule has 0 N–H and O–H groups in total. The average molecular weight is 589 g/mol. The summed E-state index contributed by atoms with van der Waals surface area (Å²) >= 11 is 1.90. The van der Waals surface area contributed by atoms with Crippen LogP contribution in [0.4, 0.5) is 0 Å². The molecule has 11 rings (SSSR count). The molecule has 2 nitrogen and oxygen atoms in total. The number of aromatic nitrogens is 2. The van der Waals surface area contributed by atoms with E-state index in [1.807, 2.05) is 11.3 Å². The van der Waals surface area contributed by atoms with Crippen LogP contribution in [0, 0.1) is 0 Å². The first-order valence-electron chi connectivity index (χ1n) is 15.5. The Balaban J connectivity index is 1.57. The maximum absolute atomic E-state index is 2.59. The van der Waals surface area contributed by atoms with Crippen LogP contribution < -0.4 is 0 Å². The third-order valence-electron chi connectivity index (χ3n) is 9.85. The summed E-state index contributed by atoms with van der Waals surface area (Å²) in [4.78, 5) is 0. The first kappa shape index (κ1) is 23.8. The summed E-state index contributed by atoms with van der Waals surface area (Å²) < 4.78 is 7.73. The summed E-state index contributed by atoms with van der Waals surface area (Å²) in [5.74, 6) is 0. The summed E-state index contributed by atoms with van der Waals surface area (Å²) in [7, 11) is 0. The lowest BCUT2D eigenvalue weighted by atomic mass is 10.0. The minimum Gasteiger partial charge on any atom is -0.307 e. The molecule has 45 heavy (non-hydrogen) atoms. The summed E-state index contributed by atoms with van der Waals surface area (Å²) in [6.45, 7) is 0. The monoisotopic (exact) mass is 588 g/mol. The molecule has 0 unspecified atom stereocenters. The average Bonchev–Trinajstić information content (AvgIpc) is 3.76. The quantitative estimate of drug-likeness (QED) is 0.180. The second kappa shape index (κ2) is 8.50. The van der Waals surface area contributed by atoms with Crippen molar-refractivity contribution in [2.45, 2.75) is 0 Å². The topological polar surface area (TPSA) is 9.34 Å². The van der Waals surface area contributed by atoms with Crippen molar-refractivity contribution in [2.24, 2.45) is 0 Å². The molecule has 0 aliphatic heterocycles. The van der Waals surface area contributed by atoms with Crippen LogP contribution in [0.25, 0.3) is 96.5 Å². The molecular weight excluding hydrogens is 565 g/mol. The van der Waals surface area contributed by atoms with Crippen LogP contribution in [0.1, 0.15) is 0 Å². The van der Waals surface area contributed by atoms with E-state index >= 15 is 0 Å². The van der Waals surface area contributed by atoms with Gasteiger partial charge in [0.15, 0.2) is 0 Å². The summed E-state index contributed by atoms with van der Waals surface area (Å²) in [6, 6.07) is 53.9. The van der Waals surface area contributed by atoms with E-state index in [9.17, 15) is 0 Å². The third-order valence-corrected chi connectivity index (χ3v) is 11.0. The van der Waals surface area contributed by atoms with Gasteiger partial charge < -0.3 is 8.97 Å².